The Balaban J connectivity index is 1.51. The molecule has 4 rings (SSSR count). The Morgan fingerprint density at radius 3 is 2.66 bits per heavy atom. The van der Waals surface area contributed by atoms with Gasteiger partial charge in [0.1, 0.15) is 5.69 Å². The van der Waals surface area contributed by atoms with Crippen LogP contribution >= 0.6 is 23.2 Å². The van der Waals surface area contributed by atoms with E-state index in [1.807, 2.05) is 0 Å². The number of hydrogen-bond acceptors (Lipinski definition) is 4. The van der Waals surface area contributed by atoms with Gasteiger partial charge >= 0.3 is 12.6 Å². The van der Waals surface area contributed by atoms with Crippen molar-refractivity contribution in [1.82, 2.24) is 20.0 Å². The highest BCUT2D eigenvalue weighted by Crippen LogP contribution is 2.33. The van der Waals surface area contributed by atoms with Gasteiger partial charge in [-0.05, 0) is 25.0 Å². The number of aromatic nitrogens is 2. The van der Waals surface area contributed by atoms with Gasteiger partial charge in [0.2, 0.25) is 0 Å². The molecule has 0 saturated heterocycles. The first-order valence-corrected chi connectivity index (χ1v) is 10.8. The van der Waals surface area contributed by atoms with Gasteiger partial charge in [-0.1, -0.05) is 29.3 Å². The number of rotatable bonds is 6. The zero-order valence-electron chi connectivity index (χ0n) is 16.9. The summed E-state index contributed by atoms with van der Waals surface area (Å²) in [5.74, 6) is -0.816. The lowest BCUT2D eigenvalue weighted by Gasteiger charge is -2.38. The van der Waals surface area contributed by atoms with Gasteiger partial charge in [0.05, 0.1) is 41.0 Å². The molecule has 1 aromatic carbocycles. The van der Waals surface area contributed by atoms with Crippen LogP contribution in [0.3, 0.4) is 0 Å². The number of hydrogen-bond donors (Lipinski definition) is 2. The zero-order chi connectivity index (χ0) is 23.0. The monoisotopic (exact) mass is 487 g/mol. The first-order valence-electron chi connectivity index (χ1n) is 10.0. The summed E-state index contributed by atoms with van der Waals surface area (Å²) in [6.45, 7) is -2.07. The number of halogens is 4. The van der Waals surface area contributed by atoms with Crippen LogP contribution in [-0.2, 0) is 17.8 Å². The lowest BCUT2D eigenvalue weighted by Crippen LogP contribution is -2.54. The average molecular weight is 488 g/mol. The number of carbonyl (C=O) groups excluding carboxylic acids is 2. The fraction of sp³-hybridized carbons (Fsp3) is 0.450. The fourth-order valence-corrected chi connectivity index (χ4v) is 4.30. The highest BCUT2D eigenvalue weighted by molar-refractivity contribution is 6.42. The largest absolute Gasteiger partial charge is 0.365 e. The van der Waals surface area contributed by atoms with Crippen molar-refractivity contribution in [3.63, 3.8) is 0 Å². The van der Waals surface area contributed by atoms with Crippen molar-refractivity contribution < 1.29 is 23.1 Å². The molecule has 2 atom stereocenters. The molecule has 1 aliphatic heterocycles. The average Bonchev–Trinajstić information content (AvgIpc) is 3.11. The number of nitrogens with zero attached hydrogens (tertiary/aromatic N) is 3. The molecule has 0 radical (unpaired) electrons. The molecule has 0 spiro atoms. The number of fused-ring (bicyclic) bond motifs is 1. The van der Waals surface area contributed by atoms with Crippen LogP contribution < -0.4 is 11.1 Å². The molecule has 12 heteroatoms. The molecule has 8 nitrogen and oxygen atoms in total. The molecule has 3 amide bonds. The normalized spacial score (nSPS) is 20.1. The lowest BCUT2D eigenvalue weighted by molar-refractivity contribution is -0.146. The van der Waals surface area contributed by atoms with Crippen molar-refractivity contribution in [2.24, 2.45) is 11.7 Å². The minimum absolute atomic E-state index is 0.103. The highest BCUT2D eigenvalue weighted by atomic mass is 35.5. The number of urea groups is 1. The molecule has 32 heavy (non-hydrogen) atoms. The predicted octanol–water partition coefficient (Wildman–Crippen LogP) is 3.50. The summed E-state index contributed by atoms with van der Waals surface area (Å²) in [4.78, 5) is 26.6. The second-order valence-corrected chi connectivity index (χ2v) is 8.61. The zero-order valence-corrected chi connectivity index (χ0v) is 18.4. The predicted molar refractivity (Wildman–Crippen MR) is 114 cm³/mol. The molecule has 3 N–H and O–H groups in total. The first kappa shape index (κ1) is 22.8. The van der Waals surface area contributed by atoms with Gasteiger partial charge in [0, 0.05) is 24.1 Å². The van der Waals surface area contributed by atoms with Gasteiger partial charge in [0.15, 0.2) is 0 Å². The summed E-state index contributed by atoms with van der Waals surface area (Å²) in [5, 5.41) is 8.08. The molecule has 1 saturated carbocycles. The summed E-state index contributed by atoms with van der Waals surface area (Å²) in [5.41, 5.74) is 7.34. The van der Waals surface area contributed by atoms with Crippen LogP contribution in [0.25, 0.3) is 11.3 Å². The van der Waals surface area contributed by atoms with Crippen LogP contribution in [-0.4, -0.2) is 52.4 Å². The Bertz CT molecular complexity index is 1050. The van der Waals surface area contributed by atoms with E-state index in [4.69, 9.17) is 28.9 Å². The van der Waals surface area contributed by atoms with E-state index < -0.39 is 12.5 Å². The maximum absolute atomic E-state index is 12.8. The summed E-state index contributed by atoms with van der Waals surface area (Å²) in [7, 11) is 0. The third-order valence-electron chi connectivity index (χ3n) is 5.87. The summed E-state index contributed by atoms with van der Waals surface area (Å²) < 4.78 is 30.6. The maximum Gasteiger partial charge on any atom is 0.345 e. The second-order valence-electron chi connectivity index (χ2n) is 7.80. The fourth-order valence-electron chi connectivity index (χ4n) is 4.00. The molecule has 2 aromatic rings. The van der Waals surface area contributed by atoms with E-state index in [0.717, 1.165) is 0 Å². The van der Waals surface area contributed by atoms with Crippen molar-refractivity contribution in [2.45, 2.75) is 38.6 Å². The molecular formula is C20H21Cl2F2N5O3. The Labute approximate surface area is 192 Å². The Morgan fingerprint density at radius 1 is 1.25 bits per heavy atom. The van der Waals surface area contributed by atoms with Crippen LogP contribution in [0.1, 0.15) is 28.9 Å². The first-order chi connectivity index (χ1) is 15.2. The number of primary amides is 1. The summed E-state index contributed by atoms with van der Waals surface area (Å²) in [6.07, 6.45) is 1.41. The van der Waals surface area contributed by atoms with Crippen molar-refractivity contribution in [1.29, 1.82) is 0 Å². The molecule has 0 unspecified atom stereocenters. The van der Waals surface area contributed by atoms with E-state index in [0.29, 0.717) is 52.9 Å². The Morgan fingerprint density at radius 2 is 2.03 bits per heavy atom. The van der Waals surface area contributed by atoms with E-state index >= 15 is 0 Å². The van der Waals surface area contributed by atoms with E-state index in [2.05, 4.69) is 15.2 Å². The van der Waals surface area contributed by atoms with Crippen LogP contribution in [0.5, 0.6) is 0 Å². The van der Waals surface area contributed by atoms with Gasteiger partial charge < -0.3 is 20.7 Å². The molecule has 0 bridgehead atoms. The number of ether oxygens (including phenoxy) is 1. The van der Waals surface area contributed by atoms with E-state index in [-0.39, 0.29) is 36.7 Å². The highest BCUT2D eigenvalue weighted by Gasteiger charge is 2.35. The van der Waals surface area contributed by atoms with Gasteiger partial charge in [-0.25, -0.2) is 4.79 Å². The SMILES string of the molecule is NC(=O)c1c(-c2ccc(Cl)c(Cl)c2)nn2c1CN(C(=O)N[C@@H]1CC[C@H]1COC(F)F)CC2. The van der Waals surface area contributed by atoms with Crippen molar-refractivity contribution in [3.8, 4) is 11.3 Å². The second kappa shape index (κ2) is 9.21. The Hall–Kier alpha value is -2.43. The van der Waals surface area contributed by atoms with Crippen LogP contribution in [0.4, 0.5) is 13.6 Å². The number of carbonyl (C=O) groups is 2. The molecule has 2 heterocycles. The van der Waals surface area contributed by atoms with Gasteiger partial charge in [-0.3, -0.25) is 9.48 Å². The van der Waals surface area contributed by atoms with Gasteiger partial charge in [0.25, 0.3) is 5.91 Å². The number of alkyl halides is 2. The lowest BCUT2D eigenvalue weighted by atomic mass is 9.80. The molecule has 172 valence electrons. The quantitative estimate of drug-likeness (QED) is 0.650. The number of nitrogens with one attached hydrogen (secondary N) is 1. The molecular weight excluding hydrogens is 467 g/mol. The Kier molecular flexibility index (Phi) is 6.55. The van der Waals surface area contributed by atoms with Crippen molar-refractivity contribution in [3.05, 3.63) is 39.5 Å². The van der Waals surface area contributed by atoms with Crippen LogP contribution in [0.2, 0.25) is 10.0 Å². The smallest absolute Gasteiger partial charge is 0.345 e. The molecule has 2 aliphatic rings. The summed E-state index contributed by atoms with van der Waals surface area (Å²) in [6, 6.07) is 4.34. The standard InChI is InChI=1S/C20H21Cl2F2N5O3/c21-12-3-1-10(7-13(12)22)17-16(18(25)30)15-8-28(5-6-29(15)27-17)20(31)26-14-4-2-11(14)9-32-19(23)24/h1,3,7,11,14,19H,2,4-6,8-9H2,(H2,25,30)(H,26,31)/t11-,14+/m0/s1. The minimum atomic E-state index is -2.83. The van der Waals surface area contributed by atoms with E-state index in [1.54, 1.807) is 27.8 Å². The maximum atomic E-state index is 12.8. The van der Waals surface area contributed by atoms with Crippen LogP contribution in [0.15, 0.2) is 18.2 Å². The van der Waals surface area contributed by atoms with E-state index in [1.165, 1.54) is 0 Å². The van der Waals surface area contributed by atoms with E-state index in [9.17, 15) is 18.4 Å². The number of nitrogens with two attached hydrogens (primary N) is 1. The molecule has 1 fully saturated rings. The van der Waals surface area contributed by atoms with Gasteiger partial charge in [-0.2, -0.15) is 13.9 Å². The number of amides is 3. The third-order valence-corrected chi connectivity index (χ3v) is 6.61. The molecule has 1 aromatic heterocycles. The van der Waals surface area contributed by atoms with Gasteiger partial charge in [-0.15, -0.1) is 0 Å². The number of benzene rings is 1. The van der Waals surface area contributed by atoms with Crippen molar-refractivity contribution in [2.75, 3.05) is 13.2 Å². The third kappa shape index (κ3) is 4.53. The molecule has 1 aliphatic carbocycles. The van der Waals surface area contributed by atoms with Crippen LogP contribution in [0, 0.1) is 5.92 Å². The summed E-state index contributed by atoms with van der Waals surface area (Å²) >= 11 is 12.1. The topological polar surface area (TPSA) is 102 Å². The van der Waals surface area contributed by atoms with Crippen molar-refractivity contribution >= 4 is 35.1 Å². The minimum Gasteiger partial charge on any atom is -0.365 e.